The molecule has 546 valence electrons. The highest BCUT2D eigenvalue weighted by atomic mass is 16.2. The van der Waals surface area contributed by atoms with Crippen molar-refractivity contribution in [3.05, 3.63) is 148 Å². The molecule has 0 saturated carbocycles. The first kappa shape index (κ1) is 82.3. The van der Waals surface area contributed by atoms with Crippen molar-refractivity contribution in [1.82, 2.24) is 30.7 Å². The van der Waals surface area contributed by atoms with Crippen LogP contribution in [0.1, 0.15) is 154 Å². The summed E-state index contributed by atoms with van der Waals surface area (Å²) in [4.78, 5) is 87.9. The van der Waals surface area contributed by atoms with Gasteiger partial charge in [0.15, 0.2) is 0 Å². The zero-order valence-corrected chi connectivity index (χ0v) is 62.0. The molecular formula is C76H116N18O6. The normalized spacial score (nSPS) is 12.7. The summed E-state index contributed by atoms with van der Waals surface area (Å²) >= 11 is 0. The number of nitrogens with zero attached hydrogens (tertiary/aromatic N) is 8. The van der Waals surface area contributed by atoms with Crippen molar-refractivity contribution >= 4 is 98.0 Å². The number of carbonyl (C=O) groups is 6. The Hall–Kier alpha value is -10.1. The lowest BCUT2D eigenvalue weighted by atomic mass is 10.1. The van der Waals surface area contributed by atoms with Gasteiger partial charge in [0, 0.05) is 182 Å². The Labute approximate surface area is 594 Å². The lowest BCUT2D eigenvalue weighted by molar-refractivity contribution is 0.0770. The molecule has 0 bridgehead atoms. The number of nitrogen functional groups attached to an aromatic ring is 6. The number of nitrogens with two attached hydrogens (primary N) is 7. The summed E-state index contributed by atoms with van der Waals surface area (Å²) < 4.78 is 0. The van der Waals surface area contributed by atoms with Crippen LogP contribution in [0.3, 0.4) is 0 Å². The number of primary amides is 1. The molecule has 100 heavy (non-hydrogen) atoms. The van der Waals surface area contributed by atoms with Crippen LogP contribution in [0, 0.1) is 6.92 Å². The highest BCUT2D eigenvalue weighted by Gasteiger charge is 2.24. The number of aryl methyl sites for hydroxylation is 1. The average molecular weight is 1380 g/mol. The van der Waals surface area contributed by atoms with E-state index in [2.05, 4.69) is 30.7 Å². The van der Waals surface area contributed by atoms with Gasteiger partial charge in [-0.05, 0) is 215 Å². The van der Waals surface area contributed by atoms with Crippen LogP contribution in [0.25, 0.3) is 0 Å². The van der Waals surface area contributed by atoms with Gasteiger partial charge in [-0.2, -0.15) is 0 Å². The van der Waals surface area contributed by atoms with Gasteiger partial charge in [0.2, 0.25) is 0 Å². The smallest absolute Gasteiger partial charge is 0.256 e. The van der Waals surface area contributed by atoms with E-state index in [1.807, 2.05) is 172 Å². The molecule has 0 unspecified atom stereocenters. The first-order valence-corrected chi connectivity index (χ1v) is 34.7. The predicted octanol–water partition coefficient (Wildman–Crippen LogP) is 9.10. The van der Waals surface area contributed by atoms with Crippen LogP contribution in [0.4, 0.5) is 62.6 Å². The summed E-state index contributed by atoms with van der Waals surface area (Å²) in [6.45, 7) is 21.4. The first-order chi connectivity index (χ1) is 47.4. The second kappa shape index (κ2) is 41.3. The fourth-order valence-corrected chi connectivity index (χ4v) is 11.3. The summed E-state index contributed by atoms with van der Waals surface area (Å²) in [5.74, 6) is -0.445. The van der Waals surface area contributed by atoms with E-state index in [0.29, 0.717) is 88.1 Å². The summed E-state index contributed by atoms with van der Waals surface area (Å²) in [5, 5.41) is 8.78. The minimum Gasteiger partial charge on any atom is -0.399 e. The van der Waals surface area contributed by atoms with E-state index in [-0.39, 0.29) is 35.6 Å². The van der Waals surface area contributed by atoms with E-state index in [1.54, 1.807) is 59.5 Å². The van der Waals surface area contributed by atoms with Crippen molar-refractivity contribution in [2.75, 3.05) is 187 Å². The van der Waals surface area contributed by atoms with Crippen LogP contribution < -0.4 is 80.6 Å². The van der Waals surface area contributed by atoms with Gasteiger partial charge in [0.1, 0.15) is 0 Å². The molecule has 6 aromatic carbocycles. The summed E-state index contributed by atoms with van der Waals surface area (Å²) in [6.07, 6.45) is 8.87. The number of hydrogen-bond donors (Lipinski definition) is 10. The number of benzene rings is 6. The number of rotatable bonds is 20. The molecule has 6 aromatic rings. The van der Waals surface area contributed by atoms with Crippen LogP contribution in [-0.2, 0) is 0 Å². The van der Waals surface area contributed by atoms with E-state index >= 15 is 0 Å². The van der Waals surface area contributed by atoms with E-state index in [1.165, 1.54) is 25.7 Å². The molecule has 9 rings (SSSR count). The Morgan fingerprint density at radius 2 is 0.810 bits per heavy atom. The number of hydrogen-bond acceptors (Lipinski definition) is 18. The lowest BCUT2D eigenvalue weighted by Gasteiger charge is -2.23. The fourth-order valence-electron chi connectivity index (χ4n) is 11.3. The molecule has 6 amide bonds. The maximum Gasteiger partial charge on any atom is 0.256 e. The predicted molar refractivity (Wildman–Crippen MR) is 417 cm³/mol. The Kier molecular flexibility index (Phi) is 34.0. The molecule has 17 N–H and O–H groups in total. The van der Waals surface area contributed by atoms with Crippen molar-refractivity contribution in [3.63, 3.8) is 0 Å². The second-order valence-corrected chi connectivity index (χ2v) is 26.2. The van der Waals surface area contributed by atoms with Crippen molar-refractivity contribution in [1.29, 1.82) is 0 Å². The molecule has 3 fully saturated rings. The van der Waals surface area contributed by atoms with Gasteiger partial charge in [0.05, 0.1) is 27.8 Å². The topological polar surface area (TPSA) is 347 Å². The van der Waals surface area contributed by atoms with Gasteiger partial charge in [0.25, 0.3) is 35.4 Å². The molecule has 0 aliphatic carbocycles. The maximum absolute atomic E-state index is 12.3. The van der Waals surface area contributed by atoms with Crippen LogP contribution >= 0.6 is 0 Å². The molecule has 3 aliphatic rings. The van der Waals surface area contributed by atoms with Gasteiger partial charge in [-0.25, -0.2) is 0 Å². The molecule has 0 aromatic heterocycles. The van der Waals surface area contributed by atoms with Crippen LogP contribution in [-0.4, -0.2) is 185 Å². The Balaban J connectivity index is 0.000000256. The zero-order valence-electron chi connectivity index (χ0n) is 62.0. The monoisotopic (exact) mass is 1380 g/mol. The van der Waals surface area contributed by atoms with E-state index in [4.69, 9.17) is 40.1 Å². The minimum atomic E-state index is -0.462. The van der Waals surface area contributed by atoms with Gasteiger partial charge in [-0.1, -0.05) is 13.0 Å². The quantitative estimate of drug-likeness (QED) is 0.0251. The number of nitrogens with one attached hydrogen (secondary N) is 3. The molecular weight excluding hydrogens is 1260 g/mol. The standard InChI is InChI=1S/C14H24N4O.2C14H21N3O.C13H21N3O.C12H16N2O.C9H13N3O/c1-17(2)9-5-8-16-14(19)12-10-11(15)6-7-13(12)18(3)4;1-10(2)16-14(18)12-9-11(15)5-6-13(12)17-7-3-4-8-17;1-2-7-16-14(18)12-10-11(15)5-6-13(12)17-8-3-4-9-17;1-5-16(6-2)13(17)11-9-10(14)7-8-12(11)15(3)4;1-9-4-5-10(13)8-11(9)12(15)14-6-2-3-7-14;1-12(2)8-4-3-6(10)5-7(8)9(11)13/h6-7,10H,5,8-9,15H2,1-4H3,(H,16,19);5-6,9-10H,3-4,7-8,15H2,1-2H3,(H,16,18);5-6,10H,2-4,7-9,15H2,1H3,(H,16,18);7-9H,5-6,14H2,1-4H3;4-5,8H,2-3,6-7,13H2,1H3;3-5H,10H2,1-2H3,(H2,11,13). The highest BCUT2D eigenvalue weighted by Crippen LogP contribution is 2.30. The van der Waals surface area contributed by atoms with E-state index in [9.17, 15) is 28.8 Å². The van der Waals surface area contributed by atoms with Gasteiger partial charge >= 0.3 is 0 Å². The third kappa shape index (κ3) is 26.0. The minimum absolute atomic E-state index is 0.0222. The van der Waals surface area contributed by atoms with Gasteiger partial charge < -0.3 is 95.3 Å². The number of amides is 6. The van der Waals surface area contributed by atoms with Crippen molar-refractivity contribution in [2.24, 2.45) is 5.73 Å². The largest absolute Gasteiger partial charge is 0.399 e. The molecule has 0 radical (unpaired) electrons. The van der Waals surface area contributed by atoms with Gasteiger partial charge in [-0.15, -0.1) is 0 Å². The first-order valence-electron chi connectivity index (χ1n) is 34.7. The van der Waals surface area contributed by atoms with E-state index < -0.39 is 5.91 Å². The molecule has 0 atom stereocenters. The number of anilines is 11. The third-order valence-electron chi connectivity index (χ3n) is 16.6. The Morgan fingerprint density at radius 1 is 0.450 bits per heavy atom. The maximum atomic E-state index is 12.3. The molecule has 0 spiro atoms. The second-order valence-electron chi connectivity index (χ2n) is 26.2. The third-order valence-corrected chi connectivity index (χ3v) is 16.6. The number of carbonyl (C=O) groups excluding carboxylic acids is 6. The average Bonchev–Trinajstić information content (AvgIpc) is 1.30. The molecule has 3 heterocycles. The Morgan fingerprint density at radius 3 is 1.23 bits per heavy atom. The summed E-state index contributed by atoms with van der Waals surface area (Å²) in [6, 6.07) is 32.7. The lowest BCUT2D eigenvalue weighted by Crippen LogP contribution is -2.32. The summed E-state index contributed by atoms with van der Waals surface area (Å²) in [7, 11) is 15.4. The fraction of sp³-hybridized carbons (Fsp3) is 0.447. The highest BCUT2D eigenvalue weighted by molar-refractivity contribution is 6.03. The molecule has 24 heteroatoms. The SMILES string of the molecule is CC(C)NC(=O)c1cc(N)ccc1N1CCCC1.CCCNC(=O)c1cc(N)ccc1N1CCCC1.CCN(CC)C(=O)c1cc(N)ccc1N(C)C.CN(C)CCCNC(=O)c1cc(N)ccc1N(C)C.CN(C)c1ccc(N)cc1C(N)=O.Cc1ccc(N)cc1C(=O)N1CCCC1. The van der Waals surface area contributed by atoms with Crippen molar-refractivity contribution in [3.8, 4) is 0 Å². The number of likely N-dealkylation sites (tertiary alicyclic amines) is 1. The van der Waals surface area contributed by atoms with Crippen LogP contribution in [0.2, 0.25) is 0 Å². The Bertz CT molecular complexity index is 3610. The zero-order chi connectivity index (χ0) is 74.3. The summed E-state index contributed by atoms with van der Waals surface area (Å²) in [5.41, 5.74) is 52.7. The molecule has 3 saturated heterocycles. The molecule has 3 aliphatic heterocycles. The van der Waals surface area contributed by atoms with Gasteiger partial charge in [-0.3, -0.25) is 28.8 Å². The van der Waals surface area contributed by atoms with E-state index in [0.717, 1.165) is 111 Å². The van der Waals surface area contributed by atoms with Crippen LogP contribution in [0.5, 0.6) is 0 Å². The van der Waals surface area contributed by atoms with Crippen LogP contribution in [0.15, 0.2) is 109 Å². The van der Waals surface area contributed by atoms with Crippen molar-refractivity contribution in [2.45, 2.75) is 99.0 Å². The molecule has 24 nitrogen and oxygen atoms in total. The van der Waals surface area contributed by atoms with Crippen molar-refractivity contribution < 1.29 is 28.8 Å².